The zero-order valence-corrected chi connectivity index (χ0v) is 12.5. The first kappa shape index (κ1) is 14.6. The average molecular weight is 308 g/mol. The molecule has 3 aromatic rings. The Labute approximate surface area is 132 Å². The molecule has 0 atom stereocenters. The Balaban J connectivity index is 2.02. The second-order valence-electron chi connectivity index (χ2n) is 4.99. The third-order valence-electron chi connectivity index (χ3n) is 3.23. The van der Waals surface area contributed by atoms with E-state index in [1.807, 2.05) is 31.2 Å². The highest BCUT2D eigenvalue weighted by atomic mass is 16.3. The van der Waals surface area contributed by atoms with Gasteiger partial charge in [-0.1, -0.05) is 18.2 Å². The van der Waals surface area contributed by atoms with Gasteiger partial charge in [0.05, 0.1) is 5.69 Å². The van der Waals surface area contributed by atoms with E-state index in [-0.39, 0.29) is 11.9 Å². The summed E-state index contributed by atoms with van der Waals surface area (Å²) in [5.41, 5.74) is 20.1. The number of fused-ring (bicyclic) bond motifs is 1. The molecular weight excluding hydrogens is 292 g/mol. The topological polar surface area (TPSA) is 129 Å². The lowest BCUT2D eigenvalue weighted by atomic mass is 10.1. The van der Waals surface area contributed by atoms with E-state index in [1.165, 1.54) is 0 Å². The van der Waals surface area contributed by atoms with Crippen LogP contribution in [0.25, 0.3) is 22.6 Å². The van der Waals surface area contributed by atoms with Gasteiger partial charge in [-0.05, 0) is 36.8 Å². The Hall–Kier alpha value is -3.35. The van der Waals surface area contributed by atoms with Crippen LogP contribution in [0.1, 0.15) is 5.56 Å². The number of hydrogen-bond donors (Lipinski definition) is 3. The van der Waals surface area contributed by atoms with E-state index in [4.69, 9.17) is 21.6 Å². The number of nitrogens with two attached hydrogens (primary N) is 3. The molecule has 0 amide bonds. The lowest BCUT2D eigenvalue weighted by molar-refractivity contribution is 0.619. The summed E-state index contributed by atoms with van der Waals surface area (Å²) in [6.45, 7) is 2.01. The zero-order valence-electron chi connectivity index (χ0n) is 12.5. The largest absolute Gasteiger partial charge is 0.436 e. The van der Waals surface area contributed by atoms with E-state index in [0.29, 0.717) is 22.7 Å². The molecule has 0 fully saturated rings. The highest BCUT2D eigenvalue weighted by Gasteiger charge is 2.10. The first-order valence-electron chi connectivity index (χ1n) is 6.93. The van der Waals surface area contributed by atoms with Crippen molar-refractivity contribution in [2.24, 2.45) is 27.2 Å². The second kappa shape index (κ2) is 5.80. The van der Waals surface area contributed by atoms with Gasteiger partial charge in [0.1, 0.15) is 5.52 Å². The second-order valence-corrected chi connectivity index (χ2v) is 4.99. The van der Waals surface area contributed by atoms with Crippen LogP contribution in [0.15, 0.2) is 56.9 Å². The van der Waals surface area contributed by atoms with Gasteiger partial charge in [0.25, 0.3) is 0 Å². The number of benzene rings is 2. The van der Waals surface area contributed by atoms with Crippen LogP contribution in [0.4, 0.5) is 5.69 Å². The van der Waals surface area contributed by atoms with E-state index in [2.05, 4.69) is 15.0 Å². The van der Waals surface area contributed by atoms with Gasteiger partial charge in [-0.15, -0.1) is 0 Å². The van der Waals surface area contributed by atoms with Crippen LogP contribution in [0.3, 0.4) is 0 Å². The first-order chi connectivity index (χ1) is 11.0. The van der Waals surface area contributed by atoms with Gasteiger partial charge in [-0.3, -0.25) is 0 Å². The lowest BCUT2D eigenvalue weighted by Crippen LogP contribution is -2.26. The molecule has 1 aromatic heterocycles. The van der Waals surface area contributed by atoms with Gasteiger partial charge >= 0.3 is 0 Å². The third kappa shape index (κ3) is 3.13. The summed E-state index contributed by atoms with van der Waals surface area (Å²) < 4.78 is 5.80. The van der Waals surface area contributed by atoms with Crippen molar-refractivity contribution in [3.05, 3.63) is 48.0 Å². The summed E-state index contributed by atoms with van der Waals surface area (Å²) >= 11 is 0. The number of oxazole rings is 1. The maximum atomic E-state index is 5.80. The van der Waals surface area contributed by atoms with Gasteiger partial charge in [0.2, 0.25) is 11.9 Å². The van der Waals surface area contributed by atoms with E-state index in [1.54, 1.807) is 18.2 Å². The van der Waals surface area contributed by atoms with Crippen LogP contribution in [0, 0.1) is 6.92 Å². The quantitative estimate of drug-likeness (QED) is 0.492. The molecule has 0 saturated heterocycles. The molecule has 0 spiro atoms. The molecule has 0 aliphatic carbocycles. The maximum absolute atomic E-state index is 5.80. The molecule has 0 aliphatic heterocycles. The monoisotopic (exact) mass is 308 g/mol. The highest BCUT2D eigenvalue weighted by Crippen LogP contribution is 2.28. The summed E-state index contributed by atoms with van der Waals surface area (Å²) in [5.74, 6) is 0.402. The minimum Gasteiger partial charge on any atom is -0.436 e. The molecule has 0 saturated carbocycles. The van der Waals surface area contributed by atoms with Crippen molar-refractivity contribution in [3.8, 4) is 11.5 Å². The Morgan fingerprint density at radius 1 is 1.09 bits per heavy atom. The fourth-order valence-electron chi connectivity index (χ4n) is 2.20. The number of guanidine groups is 2. The van der Waals surface area contributed by atoms with Crippen LogP contribution >= 0.6 is 0 Å². The molecule has 7 nitrogen and oxygen atoms in total. The first-order valence-corrected chi connectivity index (χ1v) is 6.93. The number of aromatic nitrogens is 1. The fraction of sp³-hybridized carbons (Fsp3) is 0.0625. The summed E-state index contributed by atoms with van der Waals surface area (Å²) in [5, 5.41) is 0. The van der Waals surface area contributed by atoms with Crippen LogP contribution in [0.5, 0.6) is 0 Å². The normalized spacial score (nSPS) is 11.6. The summed E-state index contributed by atoms with van der Waals surface area (Å²) in [7, 11) is 0. The summed E-state index contributed by atoms with van der Waals surface area (Å²) in [6, 6.07) is 13.2. The number of hydrogen-bond acceptors (Lipinski definition) is 3. The fourth-order valence-corrected chi connectivity index (χ4v) is 2.20. The lowest BCUT2D eigenvalue weighted by Gasteiger charge is -1.98. The molecule has 7 heteroatoms. The van der Waals surface area contributed by atoms with Crippen molar-refractivity contribution in [1.82, 2.24) is 4.98 Å². The van der Waals surface area contributed by atoms with Crippen molar-refractivity contribution >= 4 is 28.7 Å². The van der Waals surface area contributed by atoms with Crippen molar-refractivity contribution in [2.75, 3.05) is 0 Å². The SMILES string of the molecule is Cc1ccccc1-c1nc2cc(N=C(N)N=C(N)N)ccc2o1. The minimum absolute atomic E-state index is 0.0213. The van der Waals surface area contributed by atoms with E-state index < -0.39 is 0 Å². The molecule has 116 valence electrons. The summed E-state index contributed by atoms with van der Waals surface area (Å²) in [6.07, 6.45) is 0. The molecule has 0 unspecified atom stereocenters. The van der Waals surface area contributed by atoms with Crippen molar-refractivity contribution in [1.29, 1.82) is 0 Å². The van der Waals surface area contributed by atoms with Gasteiger partial charge < -0.3 is 21.6 Å². The van der Waals surface area contributed by atoms with E-state index in [9.17, 15) is 0 Å². The predicted molar refractivity (Wildman–Crippen MR) is 91.3 cm³/mol. The molecule has 23 heavy (non-hydrogen) atoms. The number of rotatable bonds is 2. The number of aryl methyl sites for hydroxylation is 1. The Bertz CT molecular complexity index is 921. The standard InChI is InChI=1S/C16H16N6O/c1-9-4-2-3-5-11(9)14-21-12-8-10(6-7-13(12)23-14)20-16(19)22-15(17)18/h2-8H,1H3,(H6,17,18,19,20,22). The van der Waals surface area contributed by atoms with Crippen LogP contribution < -0.4 is 17.2 Å². The molecule has 1 heterocycles. The molecule has 3 rings (SSSR count). The number of nitrogens with zero attached hydrogens (tertiary/aromatic N) is 3. The number of aliphatic imine (C=N–C) groups is 2. The third-order valence-corrected chi connectivity index (χ3v) is 3.23. The predicted octanol–water partition coefficient (Wildman–Crippen LogP) is 2.02. The molecule has 0 bridgehead atoms. The van der Waals surface area contributed by atoms with E-state index >= 15 is 0 Å². The summed E-state index contributed by atoms with van der Waals surface area (Å²) in [4.78, 5) is 12.3. The molecule has 0 radical (unpaired) electrons. The van der Waals surface area contributed by atoms with Gasteiger partial charge in [0, 0.05) is 5.56 Å². The van der Waals surface area contributed by atoms with Crippen molar-refractivity contribution in [3.63, 3.8) is 0 Å². The van der Waals surface area contributed by atoms with Gasteiger partial charge in [0.15, 0.2) is 11.5 Å². The van der Waals surface area contributed by atoms with Crippen LogP contribution in [0.2, 0.25) is 0 Å². The van der Waals surface area contributed by atoms with Crippen LogP contribution in [-0.4, -0.2) is 16.9 Å². The average Bonchev–Trinajstić information content (AvgIpc) is 2.89. The minimum atomic E-state index is -0.143. The Kier molecular flexibility index (Phi) is 3.68. The molecule has 0 aliphatic rings. The zero-order chi connectivity index (χ0) is 16.4. The molecular formula is C16H16N6O. The smallest absolute Gasteiger partial charge is 0.227 e. The highest BCUT2D eigenvalue weighted by molar-refractivity contribution is 5.94. The molecule has 2 aromatic carbocycles. The van der Waals surface area contributed by atoms with Crippen molar-refractivity contribution < 1.29 is 4.42 Å². The Morgan fingerprint density at radius 3 is 2.61 bits per heavy atom. The van der Waals surface area contributed by atoms with Gasteiger partial charge in [-0.25, -0.2) is 9.98 Å². The van der Waals surface area contributed by atoms with Gasteiger partial charge in [-0.2, -0.15) is 4.99 Å². The Morgan fingerprint density at radius 2 is 1.87 bits per heavy atom. The van der Waals surface area contributed by atoms with Crippen molar-refractivity contribution in [2.45, 2.75) is 6.92 Å². The maximum Gasteiger partial charge on any atom is 0.227 e. The van der Waals surface area contributed by atoms with E-state index in [0.717, 1.165) is 11.1 Å². The molecule has 6 N–H and O–H groups in total. The van der Waals surface area contributed by atoms with Crippen LogP contribution in [-0.2, 0) is 0 Å².